The summed E-state index contributed by atoms with van der Waals surface area (Å²) in [7, 11) is 0. The fraction of sp³-hybridized carbons (Fsp3) is 0.286. The third-order valence-electron chi connectivity index (χ3n) is 2.92. The van der Waals surface area contributed by atoms with E-state index < -0.39 is 23.0 Å². The molecular formula is C14H13F2NO3. The summed E-state index contributed by atoms with van der Waals surface area (Å²) in [5.74, 6) is -2.27. The van der Waals surface area contributed by atoms with Gasteiger partial charge in [0, 0.05) is 17.8 Å². The number of hydrogen-bond donors (Lipinski definition) is 0. The number of rotatable bonds is 3. The number of carbonyl (C=O) groups is 1. The molecule has 0 aliphatic carbocycles. The van der Waals surface area contributed by atoms with E-state index in [-0.39, 0.29) is 24.1 Å². The Kier molecular flexibility index (Phi) is 3.83. The molecule has 0 aliphatic rings. The molecule has 0 fully saturated rings. The van der Waals surface area contributed by atoms with E-state index in [1.165, 1.54) is 10.6 Å². The van der Waals surface area contributed by atoms with Crippen LogP contribution in [0.1, 0.15) is 12.6 Å². The number of esters is 1. The third kappa shape index (κ3) is 2.54. The van der Waals surface area contributed by atoms with Crippen LogP contribution in [0.15, 0.2) is 23.0 Å². The Bertz CT molecular complexity index is 737. The highest BCUT2D eigenvalue weighted by molar-refractivity contribution is 5.82. The van der Waals surface area contributed by atoms with E-state index in [2.05, 4.69) is 0 Å². The molecule has 0 atom stereocenters. The number of pyridine rings is 1. The summed E-state index contributed by atoms with van der Waals surface area (Å²) in [6, 6.07) is 2.88. The SMILES string of the molecule is CCOC(=O)Cn1c(C)cc(=O)c2cc(F)cc(F)c21. The molecule has 0 radical (unpaired) electrons. The molecule has 0 saturated heterocycles. The van der Waals surface area contributed by atoms with Gasteiger partial charge in [-0.1, -0.05) is 0 Å². The zero-order chi connectivity index (χ0) is 14.9. The summed E-state index contributed by atoms with van der Waals surface area (Å²) in [6.07, 6.45) is 0. The zero-order valence-corrected chi connectivity index (χ0v) is 11.1. The molecule has 0 amide bonds. The largest absolute Gasteiger partial charge is 0.465 e. The van der Waals surface area contributed by atoms with Gasteiger partial charge in [-0.25, -0.2) is 8.78 Å². The molecule has 0 bridgehead atoms. The Labute approximate surface area is 113 Å². The molecule has 0 unspecified atom stereocenters. The van der Waals surface area contributed by atoms with Gasteiger partial charge in [0.1, 0.15) is 12.4 Å². The van der Waals surface area contributed by atoms with Gasteiger partial charge < -0.3 is 9.30 Å². The van der Waals surface area contributed by atoms with E-state index >= 15 is 0 Å². The van der Waals surface area contributed by atoms with Gasteiger partial charge in [-0.05, 0) is 19.9 Å². The van der Waals surface area contributed by atoms with Crippen molar-refractivity contribution in [3.8, 4) is 0 Å². The highest BCUT2D eigenvalue weighted by Crippen LogP contribution is 2.18. The molecule has 20 heavy (non-hydrogen) atoms. The predicted octanol–water partition coefficient (Wildman–Crippen LogP) is 2.15. The highest BCUT2D eigenvalue weighted by atomic mass is 19.1. The lowest BCUT2D eigenvalue weighted by molar-refractivity contribution is -0.143. The number of aryl methyl sites for hydroxylation is 1. The van der Waals surface area contributed by atoms with Crippen LogP contribution in [0.4, 0.5) is 8.78 Å². The maximum atomic E-state index is 14.0. The van der Waals surface area contributed by atoms with Gasteiger partial charge in [0.15, 0.2) is 11.2 Å². The lowest BCUT2D eigenvalue weighted by Gasteiger charge is -2.14. The first-order valence-electron chi connectivity index (χ1n) is 6.09. The summed E-state index contributed by atoms with van der Waals surface area (Å²) in [5.41, 5.74) is -0.179. The average Bonchev–Trinajstić information content (AvgIpc) is 2.34. The first-order chi connectivity index (χ1) is 9.43. The Morgan fingerprint density at radius 1 is 1.30 bits per heavy atom. The van der Waals surface area contributed by atoms with Gasteiger partial charge >= 0.3 is 5.97 Å². The molecule has 2 rings (SSSR count). The summed E-state index contributed by atoms with van der Waals surface area (Å²) in [6.45, 7) is 3.19. The molecule has 0 N–H and O–H groups in total. The lowest BCUT2D eigenvalue weighted by atomic mass is 10.1. The maximum absolute atomic E-state index is 14.0. The summed E-state index contributed by atoms with van der Waals surface area (Å²) in [4.78, 5) is 23.4. The second-order valence-corrected chi connectivity index (χ2v) is 4.32. The fourth-order valence-electron chi connectivity index (χ4n) is 2.09. The Morgan fingerprint density at radius 3 is 2.65 bits per heavy atom. The van der Waals surface area contributed by atoms with Crippen molar-refractivity contribution in [2.24, 2.45) is 0 Å². The molecule has 0 aliphatic heterocycles. The Morgan fingerprint density at radius 2 is 2.00 bits per heavy atom. The molecule has 1 heterocycles. The summed E-state index contributed by atoms with van der Waals surface area (Å²) < 4.78 is 33.3. The van der Waals surface area contributed by atoms with Crippen LogP contribution >= 0.6 is 0 Å². The maximum Gasteiger partial charge on any atom is 0.325 e. The van der Waals surface area contributed by atoms with Crippen molar-refractivity contribution in [1.29, 1.82) is 0 Å². The van der Waals surface area contributed by atoms with Gasteiger partial charge in [-0.15, -0.1) is 0 Å². The van der Waals surface area contributed by atoms with Crippen LogP contribution in [0.25, 0.3) is 10.9 Å². The van der Waals surface area contributed by atoms with Gasteiger partial charge in [-0.3, -0.25) is 9.59 Å². The first-order valence-corrected chi connectivity index (χ1v) is 6.09. The fourth-order valence-corrected chi connectivity index (χ4v) is 2.09. The molecule has 0 spiro atoms. The van der Waals surface area contributed by atoms with Crippen molar-refractivity contribution in [3.05, 3.63) is 45.8 Å². The molecule has 106 valence electrons. The molecule has 1 aromatic carbocycles. The van der Waals surface area contributed by atoms with Crippen molar-refractivity contribution in [1.82, 2.24) is 4.57 Å². The highest BCUT2D eigenvalue weighted by Gasteiger charge is 2.15. The quantitative estimate of drug-likeness (QED) is 0.810. The van der Waals surface area contributed by atoms with Crippen LogP contribution in [0, 0.1) is 18.6 Å². The minimum atomic E-state index is -0.884. The Balaban J connectivity index is 2.70. The van der Waals surface area contributed by atoms with E-state index in [4.69, 9.17) is 4.74 Å². The minimum Gasteiger partial charge on any atom is -0.465 e. The van der Waals surface area contributed by atoms with Crippen LogP contribution < -0.4 is 5.43 Å². The smallest absolute Gasteiger partial charge is 0.325 e. The topological polar surface area (TPSA) is 48.3 Å². The number of aromatic nitrogens is 1. The van der Waals surface area contributed by atoms with Crippen molar-refractivity contribution in [2.45, 2.75) is 20.4 Å². The number of nitrogens with zero attached hydrogens (tertiary/aromatic N) is 1. The summed E-state index contributed by atoms with van der Waals surface area (Å²) >= 11 is 0. The van der Waals surface area contributed by atoms with Gasteiger partial charge in [-0.2, -0.15) is 0 Å². The van der Waals surface area contributed by atoms with Crippen molar-refractivity contribution in [2.75, 3.05) is 6.61 Å². The summed E-state index contributed by atoms with van der Waals surface area (Å²) in [5, 5.41) is -0.0996. The number of hydrogen-bond acceptors (Lipinski definition) is 3. The van der Waals surface area contributed by atoms with Crippen molar-refractivity contribution in [3.63, 3.8) is 0 Å². The van der Waals surface area contributed by atoms with E-state index in [9.17, 15) is 18.4 Å². The van der Waals surface area contributed by atoms with Crippen molar-refractivity contribution < 1.29 is 18.3 Å². The molecular weight excluding hydrogens is 268 g/mol. The first kappa shape index (κ1) is 14.2. The van der Waals surface area contributed by atoms with Crippen LogP contribution in [0.5, 0.6) is 0 Å². The normalized spacial score (nSPS) is 10.8. The average molecular weight is 281 g/mol. The van der Waals surface area contributed by atoms with Crippen LogP contribution in [-0.4, -0.2) is 17.1 Å². The van der Waals surface area contributed by atoms with Gasteiger partial charge in [0.2, 0.25) is 0 Å². The van der Waals surface area contributed by atoms with Crippen molar-refractivity contribution >= 4 is 16.9 Å². The molecule has 2 aromatic rings. The van der Waals surface area contributed by atoms with Gasteiger partial charge in [0.05, 0.1) is 17.5 Å². The monoisotopic (exact) mass is 281 g/mol. The molecule has 4 nitrogen and oxygen atoms in total. The minimum absolute atomic E-state index is 0.0931. The number of ether oxygens (including phenoxy) is 1. The zero-order valence-electron chi connectivity index (χ0n) is 11.1. The van der Waals surface area contributed by atoms with E-state index in [1.807, 2.05) is 0 Å². The number of carbonyl (C=O) groups excluding carboxylic acids is 1. The molecule has 6 heteroatoms. The molecule has 0 saturated carbocycles. The van der Waals surface area contributed by atoms with E-state index in [0.29, 0.717) is 11.8 Å². The number of benzene rings is 1. The second-order valence-electron chi connectivity index (χ2n) is 4.32. The van der Waals surface area contributed by atoms with E-state index in [1.54, 1.807) is 13.8 Å². The lowest BCUT2D eigenvalue weighted by Crippen LogP contribution is -2.20. The van der Waals surface area contributed by atoms with E-state index in [0.717, 1.165) is 6.07 Å². The third-order valence-corrected chi connectivity index (χ3v) is 2.92. The van der Waals surface area contributed by atoms with Crippen LogP contribution in [0.3, 0.4) is 0 Å². The standard InChI is InChI=1S/C14H13F2NO3/c1-3-20-13(19)7-17-8(2)4-12(18)10-5-9(15)6-11(16)14(10)17/h4-6H,3,7H2,1-2H3. The van der Waals surface area contributed by atoms with Gasteiger partial charge in [0.25, 0.3) is 0 Å². The Hall–Kier alpha value is -2.24. The second kappa shape index (κ2) is 5.40. The number of halogens is 2. The predicted molar refractivity (Wildman–Crippen MR) is 69.5 cm³/mol. The van der Waals surface area contributed by atoms with Crippen LogP contribution in [0.2, 0.25) is 0 Å². The number of fused-ring (bicyclic) bond motifs is 1. The molecule has 1 aromatic heterocycles. The van der Waals surface area contributed by atoms with Crippen LogP contribution in [-0.2, 0) is 16.1 Å².